The molecule has 0 aromatic heterocycles. The fraction of sp³-hybridized carbons (Fsp3) is 0.500. The lowest BCUT2D eigenvalue weighted by molar-refractivity contribution is 0.0926. The van der Waals surface area contributed by atoms with Crippen LogP contribution in [0.2, 0.25) is 0 Å². The second kappa shape index (κ2) is 6.11. The third-order valence-corrected chi connectivity index (χ3v) is 4.82. The molecule has 1 unspecified atom stereocenters. The van der Waals surface area contributed by atoms with Crippen molar-refractivity contribution in [2.75, 3.05) is 0 Å². The Morgan fingerprint density at radius 1 is 1.33 bits per heavy atom. The van der Waals surface area contributed by atoms with Crippen LogP contribution in [-0.2, 0) is 10.0 Å². The number of primary sulfonamides is 1. The van der Waals surface area contributed by atoms with E-state index in [1.807, 2.05) is 6.92 Å². The molecule has 0 saturated heterocycles. The van der Waals surface area contributed by atoms with Gasteiger partial charge in [-0.1, -0.05) is 12.8 Å². The minimum Gasteiger partial charge on any atom is -0.349 e. The predicted molar refractivity (Wildman–Crippen MR) is 76.7 cm³/mol. The first-order chi connectivity index (χ1) is 9.77. The highest BCUT2D eigenvalue weighted by Gasteiger charge is 2.23. The second-order valence-corrected chi connectivity index (χ2v) is 7.09. The zero-order chi connectivity index (χ0) is 15.6. The number of amides is 1. The molecule has 1 fully saturated rings. The zero-order valence-corrected chi connectivity index (χ0v) is 12.6. The molecule has 0 radical (unpaired) electrons. The first-order valence-electron chi connectivity index (χ1n) is 6.91. The molecule has 1 aliphatic rings. The first-order valence-corrected chi connectivity index (χ1v) is 8.46. The van der Waals surface area contributed by atoms with E-state index in [1.165, 1.54) is 0 Å². The molecule has 5 nitrogen and oxygen atoms in total. The molecule has 1 aromatic rings. The van der Waals surface area contributed by atoms with Crippen molar-refractivity contribution in [3.05, 3.63) is 29.6 Å². The van der Waals surface area contributed by atoms with Gasteiger partial charge < -0.3 is 5.32 Å². The van der Waals surface area contributed by atoms with Crippen molar-refractivity contribution in [1.29, 1.82) is 0 Å². The number of nitrogens with one attached hydrogen (secondary N) is 1. The lowest BCUT2D eigenvalue weighted by Crippen LogP contribution is -2.37. The summed E-state index contributed by atoms with van der Waals surface area (Å²) in [6.07, 6.45) is 4.43. The van der Waals surface area contributed by atoms with Gasteiger partial charge in [0.2, 0.25) is 10.0 Å². The summed E-state index contributed by atoms with van der Waals surface area (Å²) in [6.45, 7) is 1.91. The van der Waals surface area contributed by atoms with Crippen molar-refractivity contribution < 1.29 is 17.6 Å². The molecule has 0 aliphatic heterocycles. The SMILES string of the molecule is CC(NC(=O)c1cc(F)cc(S(N)(=O)=O)c1)C1CCCC1. The maximum atomic E-state index is 13.5. The van der Waals surface area contributed by atoms with Crippen molar-refractivity contribution in [3.63, 3.8) is 0 Å². The van der Waals surface area contributed by atoms with Gasteiger partial charge in [-0.3, -0.25) is 4.79 Å². The molecule has 1 amide bonds. The minimum absolute atomic E-state index is 0.0267. The predicted octanol–water partition coefficient (Wildman–Crippen LogP) is 1.78. The van der Waals surface area contributed by atoms with Gasteiger partial charge >= 0.3 is 0 Å². The Bertz CT molecular complexity index is 640. The Kier molecular flexibility index (Phi) is 4.63. The van der Waals surface area contributed by atoms with Crippen LogP contribution in [0.25, 0.3) is 0 Å². The summed E-state index contributed by atoms with van der Waals surface area (Å²) in [6, 6.07) is 2.87. The molecule has 0 heterocycles. The van der Waals surface area contributed by atoms with Gasteiger partial charge in [0.05, 0.1) is 4.90 Å². The van der Waals surface area contributed by atoms with E-state index in [4.69, 9.17) is 5.14 Å². The third-order valence-electron chi connectivity index (χ3n) is 3.93. The summed E-state index contributed by atoms with van der Waals surface area (Å²) in [5.41, 5.74) is -0.0381. The van der Waals surface area contributed by atoms with Gasteiger partial charge in [0, 0.05) is 11.6 Å². The summed E-state index contributed by atoms with van der Waals surface area (Å²) in [5, 5.41) is 7.77. The largest absolute Gasteiger partial charge is 0.349 e. The lowest BCUT2D eigenvalue weighted by atomic mass is 9.99. The molecule has 1 aromatic carbocycles. The average Bonchev–Trinajstić information content (AvgIpc) is 2.90. The zero-order valence-electron chi connectivity index (χ0n) is 11.8. The van der Waals surface area contributed by atoms with E-state index >= 15 is 0 Å². The number of hydrogen-bond acceptors (Lipinski definition) is 3. The number of hydrogen-bond donors (Lipinski definition) is 2. The third kappa shape index (κ3) is 4.01. The Morgan fingerprint density at radius 2 is 1.95 bits per heavy atom. The van der Waals surface area contributed by atoms with Gasteiger partial charge in [0.15, 0.2) is 0 Å². The van der Waals surface area contributed by atoms with Crippen LogP contribution in [0.5, 0.6) is 0 Å². The molecule has 21 heavy (non-hydrogen) atoms. The lowest BCUT2D eigenvalue weighted by Gasteiger charge is -2.20. The highest BCUT2D eigenvalue weighted by atomic mass is 32.2. The Hall–Kier alpha value is -1.47. The minimum atomic E-state index is -4.05. The van der Waals surface area contributed by atoms with Gasteiger partial charge in [-0.2, -0.15) is 0 Å². The molecule has 1 atom stereocenters. The Labute approximate surface area is 123 Å². The molecule has 7 heteroatoms. The highest BCUT2D eigenvalue weighted by Crippen LogP contribution is 2.27. The average molecular weight is 314 g/mol. The van der Waals surface area contributed by atoms with Crippen LogP contribution in [0.1, 0.15) is 43.0 Å². The van der Waals surface area contributed by atoms with Crippen molar-refractivity contribution in [2.24, 2.45) is 11.1 Å². The topological polar surface area (TPSA) is 89.3 Å². The molecule has 2 rings (SSSR count). The summed E-state index contributed by atoms with van der Waals surface area (Å²) in [5.74, 6) is -0.876. The van der Waals surface area contributed by atoms with E-state index in [0.29, 0.717) is 5.92 Å². The smallest absolute Gasteiger partial charge is 0.251 e. The number of carbonyl (C=O) groups is 1. The van der Waals surface area contributed by atoms with Crippen molar-refractivity contribution in [1.82, 2.24) is 5.32 Å². The van der Waals surface area contributed by atoms with Crippen LogP contribution in [0.15, 0.2) is 23.1 Å². The number of halogens is 1. The number of benzene rings is 1. The molecular weight excluding hydrogens is 295 g/mol. The van der Waals surface area contributed by atoms with E-state index in [0.717, 1.165) is 43.9 Å². The Balaban J connectivity index is 2.17. The molecule has 0 spiro atoms. The fourth-order valence-corrected chi connectivity index (χ4v) is 3.29. The van der Waals surface area contributed by atoms with Crippen molar-refractivity contribution in [3.8, 4) is 0 Å². The standard InChI is InChI=1S/C14H19FN2O3S/c1-9(10-4-2-3-5-10)17-14(18)11-6-12(15)8-13(7-11)21(16,19)20/h6-10H,2-5H2,1H3,(H,17,18)(H2,16,19,20). The van der Waals surface area contributed by atoms with Crippen molar-refractivity contribution in [2.45, 2.75) is 43.5 Å². The van der Waals surface area contributed by atoms with Crippen LogP contribution < -0.4 is 10.5 Å². The van der Waals surface area contributed by atoms with Gasteiger partial charge in [-0.25, -0.2) is 17.9 Å². The Morgan fingerprint density at radius 3 is 2.52 bits per heavy atom. The molecular formula is C14H19FN2O3S. The second-order valence-electron chi connectivity index (χ2n) is 5.53. The van der Waals surface area contributed by atoms with E-state index < -0.39 is 26.6 Å². The quantitative estimate of drug-likeness (QED) is 0.887. The maximum Gasteiger partial charge on any atom is 0.251 e. The number of carbonyl (C=O) groups excluding carboxylic acids is 1. The van der Waals surface area contributed by atoms with Crippen molar-refractivity contribution >= 4 is 15.9 Å². The maximum absolute atomic E-state index is 13.5. The van der Waals surface area contributed by atoms with E-state index in [-0.39, 0.29) is 11.6 Å². The van der Waals surface area contributed by atoms with Gasteiger partial charge in [-0.05, 0) is 43.9 Å². The summed E-state index contributed by atoms with van der Waals surface area (Å²) < 4.78 is 36.0. The van der Waals surface area contributed by atoms with Gasteiger partial charge in [-0.15, -0.1) is 0 Å². The number of nitrogens with two attached hydrogens (primary N) is 1. The molecule has 1 saturated carbocycles. The summed E-state index contributed by atoms with van der Waals surface area (Å²) >= 11 is 0. The highest BCUT2D eigenvalue weighted by molar-refractivity contribution is 7.89. The van der Waals surface area contributed by atoms with Crippen LogP contribution in [0.3, 0.4) is 0 Å². The van der Waals surface area contributed by atoms with E-state index in [2.05, 4.69) is 5.32 Å². The van der Waals surface area contributed by atoms with Crippen LogP contribution in [-0.4, -0.2) is 20.4 Å². The normalized spacial score (nSPS) is 17.7. The molecule has 1 aliphatic carbocycles. The molecule has 3 N–H and O–H groups in total. The summed E-state index contributed by atoms with van der Waals surface area (Å²) in [7, 11) is -4.05. The van der Waals surface area contributed by atoms with Crippen LogP contribution in [0.4, 0.5) is 4.39 Å². The van der Waals surface area contributed by atoms with Gasteiger partial charge in [0.25, 0.3) is 5.91 Å². The number of sulfonamides is 1. The fourth-order valence-electron chi connectivity index (χ4n) is 2.72. The first kappa shape index (κ1) is 15.9. The number of rotatable bonds is 4. The molecule has 116 valence electrons. The van der Waals surface area contributed by atoms with E-state index in [9.17, 15) is 17.6 Å². The monoisotopic (exact) mass is 314 g/mol. The van der Waals surface area contributed by atoms with Crippen LogP contribution >= 0.6 is 0 Å². The van der Waals surface area contributed by atoms with Gasteiger partial charge in [0.1, 0.15) is 5.82 Å². The summed E-state index contributed by atoms with van der Waals surface area (Å²) in [4.78, 5) is 11.7. The van der Waals surface area contributed by atoms with Crippen LogP contribution in [0, 0.1) is 11.7 Å². The van der Waals surface area contributed by atoms with E-state index in [1.54, 1.807) is 0 Å². The molecule has 0 bridgehead atoms.